The molecule has 0 atom stereocenters. The molecule has 236 valence electrons. The number of ether oxygens (including phenoxy) is 3. The van der Waals surface area contributed by atoms with Crippen LogP contribution in [-0.4, -0.2) is 52.8 Å². The Morgan fingerprint density at radius 2 is 1.75 bits per heavy atom. The normalized spacial score (nSPS) is 14.0. The molecule has 0 aliphatic carbocycles. The van der Waals surface area contributed by atoms with Crippen molar-refractivity contribution in [3.63, 3.8) is 0 Å². The van der Waals surface area contributed by atoms with Crippen LogP contribution in [0.4, 0.5) is 9.59 Å². The molecule has 44 heavy (non-hydrogen) atoms. The van der Waals surface area contributed by atoms with Gasteiger partial charge in [-0.1, -0.05) is 39.7 Å². The molecule has 8 nitrogen and oxygen atoms in total. The number of likely N-dealkylation sites (tertiary alicyclic amines) is 1. The van der Waals surface area contributed by atoms with Crippen molar-refractivity contribution in [2.45, 2.75) is 65.9 Å². The molecule has 0 radical (unpaired) electrons. The Morgan fingerprint density at radius 3 is 2.39 bits per heavy atom. The van der Waals surface area contributed by atoms with E-state index in [0.717, 1.165) is 26.9 Å². The Morgan fingerprint density at radius 1 is 1.02 bits per heavy atom. The fraction of sp³-hybridized carbons (Fsp3) is 0.412. The number of hydrogen-bond donors (Lipinski definition) is 0. The summed E-state index contributed by atoms with van der Waals surface area (Å²) in [7, 11) is 0. The first-order valence-corrected chi connectivity index (χ1v) is 15.7. The van der Waals surface area contributed by atoms with Gasteiger partial charge in [-0.15, -0.1) is 0 Å². The van der Waals surface area contributed by atoms with E-state index >= 15 is 0 Å². The fourth-order valence-corrected chi connectivity index (χ4v) is 5.34. The third kappa shape index (κ3) is 10.3. The van der Waals surface area contributed by atoms with Crippen molar-refractivity contribution in [3.8, 4) is 5.75 Å². The Bertz CT molecular complexity index is 1470. The third-order valence-corrected chi connectivity index (χ3v) is 7.47. The van der Waals surface area contributed by atoms with Gasteiger partial charge in [-0.05, 0) is 101 Å². The van der Waals surface area contributed by atoms with Crippen LogP contribution in [0.25, 0.3) is 12.2 Å². The molecule has 4 rings (SSSR count). The van der Waals surface area contributed by atoms with Crippen LogP contribution >= 0.6 is 27.5 Å². The first-order chi connectivity index (χ1) is 20.6. The monoisotopic (exact) mass is 686 g/mol. The first-order valence-electron chi connectivity index (χ1n) is 14.5. The molecular formula is C34H40BrClN2O6. The lowest BCUT2D eigenvalue weighted by atomic mass is 9.99. The van der Waals surface area contributed by atoms with E-state index in [1.807, 2.05) is 102 Å². The summed E-state index contributed by atoms with van der Waals surface area (Å²) in [5.41, 5.74) is 1.47. The maximum atomic E-state index is 13.4. The maximum Gasteiger partial charge on any atom is 0.410 e. The van der Waals surface area contributed by atoms with E-state index in [1.54, 1.807) is 16.1 Å². The van der Waals surface area contributed by atoms with Gasteiger partial charge in [0.1, 0.15) is 29.3 Å². The van der Waals surface area contributed by atoms with Crippen LogP contribution in [0.5, 0.6) is 5.75 Å². The third-order valence-electron chi connectivity index (χ3n) is 6.49. The second-order valence-electron chi connectivity index (χ2n) is 12.9. The molecule has 0 saturated carbocycles. The smallest absolute Gasteiger partial charge is 0.410 e. The topological polar surface area (TPSA) is 81.5 Å². The Kier molecular flexibility index (Phi) is 10.7. The van der Waals surface area contributed by atoms with Gasteiger partial charge in [0.15, 0.2) is 0 Å². The predicted molar refractivity (Wildman–Crippen MR) is 176 cm³/mol. The van der Waals surface area contributed by atoms with Gasteiger partial charge < -0.3 is 28.4 Å². The number of carbonyl (C=O) groups is 2. The van der Waals surface area contributed by atoms with Crippen molar-refractivity contribution >= 4 is 51.9 Å². The van der Waals surface area contributed by atoms with Crippen LogP contribution in [0.2, 0.25) is 5.02 Å². The summed E-state index contributed by atoms with van der Waals surface area (Å²) < 4.78 is 23.8. The van der Waals surface area contributed by atoms with E-state index in [4.69, 9.17) is 30.2 Å². The zero-order chi connectivity index (χ0) is 32.1. The predicted octanol–water partition coefficient (Wildman–Crippen LogP) is 9.05. The van der Waals surface area contributed by atoms with Gasteiger partial charge in [-0.3, -0.25) is 0 Å². The fourth-order valence-electron chi connectivity index (χ4n) is 4.54. The van der Waals surface area contributed by atoms with E-state index in [-0.39, 0.29) is 12.0 Å². The second-order valence-corrected chi connectivity index (χ2v) is 14.2. The molecule has 1 aliphatic heterocycles. The summed E-state index contributed by atoms with van der Waals surface area (Å²) in [6, 6.07) is 15.2. The van der Waals surface area contributed by atoms with Crippen molar-refractivity contribution < 1.29 is 28.2 Å². The summed E-state index contributed by atoms with van der Waals surface area (Å²) in [6.07, 6.45) is 4.68. The molecular weight excluding hydrogens is 648 g/mol. The minimum atomic E-state index is -0.661. The molecule has 0 unspecified atom stereocenters. The van der Waals surface area contributed by atoms with E-state index in [2.05, 4.69) is 15.9 Å². The van der Waals surface area contributed by atoms with Crippen LogP contribution in [0, 0.1) is 5.92 Å². The molecule has 1 aromatic heterocycles. The van der Waals surface area contributed by atoms with Gasteiger partial charge in [-0.2, -0.15) is 0 Å². The lowest BCUT2D eigenvalue weighted by molar-refractivity contribution is -0.0123. The highest BCUT2D eigenvalue weighted by atomic mass is 79.9. The van der Waals surface area contributed by atoms with Gasteiger partial charge >= 0.3 is 12.2 Å². The number of hydrogen-bond acceptors (Lipinski definition) is 6. The zero-order valence-electron chi connectivity index (χ0n) is 26.1. The molecule has 0 spiro atoms. The number of halogens is 2. The van der Waals surface area contributed by atoms with E-state index < -0.39 is 17.3 Å². The Labute approximate surface area is 273 Å². The minimum Gasteiger partial charge on any atom is -0.489 e. The molecule has 2 amide bonds. The second kappa shape index (κ2) is 14.1. The van der Waals surface area contributed by atoms with Crippen LogP contribution in [-0.2, 0) is 22.6 Å². The minimum absolute atomic E-state index is 0.0926. The summed E-state index contributed by atoms with van der Waals surface area (Å²) in [6.45, 7) is 13.1. The SMILES string of the molecule is CC(C)(C)OC(=O)N(Cc1cc(/C=C/c2ccco2)cc(OCc2ccc(Cl)cc2Br)c1)CC1CN(C(=O)OC(C)(C)C)C1. The lowest BCUT2D eigenvalue weighted by Crippen LogP contribution is -2.55. The quantitative estimate of drug-likeness (QED) is 0.223. The first kappa shape index (κ1) is 33.5. The molecule has 0 N–H and O–H groups in total. The Hall–Kier alpha value is -3.43. The molecule has 0 bridgehead atoms. The summed E-state index contributed by atoms with van der Waals surface area (Å²) in [5, 5.41) is 0.635. The molecule has 1 fully saturated rings. The standard InChI is InChI=1S/C34H40BrClN2O6/c1-33(2,3)43-31(39)37(19-25-20-38(21-25)32(40)44-34(4,5)6)18-24-14-23(9-12-28-8-7-13-41-28)15-29(16-24)42-22-26-10-11-27(36)17-30(26)35/h7-17,25H,18-22H2,1-6H3/b12-9+. The number of carbonyl (C=O) groups excluding carboxylic acids is 2. The van der Waals surface area contributed by atoms with Crippen molar-refractivity contribution in [1.82, 2.24) is 9.80 Å². The van der Waals surface area contributed by atoms with Gasteiger partial charge in [0, 0.05) is 47.2 Å². The highest BCUT2D eigenvalue weighted by Gasteiger charge is 2.36. The van der Waals surface area contributed by atoms with Crippen molar-refractivity contribution in [2.75, 3.05) is 19.6 Å². The molecule has 2 heterocycles. The number of amides is 2. The number of benzene rings is 2. The van der Waals surface area contributed by atoms with Crippen LogP contribution in [0.3, 0.4) is 0 Å². The molecule has 3 aromatic rings. The largest absolute Gasteiger partial charge is 0.489 e. The summed E-state index contributed by atoms with van der Waals surface area (Å²) in [5.74, 6) is 1.46. The Balaban J connectivity index is 1.54. The van der Waals surface area contributed by atoms with Crippen molar-refractivity contribution in [1.29, 1.82) is 0 Å². The van der Waals surface area contributed by atoms with Crippen LogP contribution in [0.1, 0.15) is 64.0 Å². The van der Waals surface area contributed by atoms with Crippen molar-refractivity contribution in [2.24, 2.45) is 5.92 Å². The van der Waals surface area contributed by atoms with Crippen LogP contribution < -0.4 is 4.74 Å². The lowest BCUT2D eigenvalue weighted by Gasteiger charge is -2.42. The zero-order valence-corrected chi connectivity index (χ0v) is 28.4. The van der Waals surface area contributed by atoms with E-state index in [0.29, 0.717) is 43.6 Å². The number of furan rings is 1. The average Bonchev–Trinajstić information content (AvgIpc) is 3.40. The number of nitrogens with zero attached hydrogens (tertiary/aromatic N) is 2. The molecule has 1 saturated heterocycles. The molecule has 10 heteroatoms. The summed E-state index contributed by atoms with van der Waals surface area (Å²) >= 11 is 9.67. The van der Waals surface area contributed by atoms with Gasteiger partial charge in [0.25, 0.3) is 0 Å². The van der Waals surface area contributed by atoms with Gasteiger partial charge in [0.05, 0.1) is 6.26 Å². The van der Waals surface area contributed by atoms with E-state index in [9.17, 15) is 9.59 Å². The molecule has 2 aromatic carbocycles. The maximum absolute atomic E-state index is 13.4. The number of rotatable bonds is 9. The van der Waals surface area contributed by atoms with E-state index in [1.165, 1.54) is 0 Å². The molecule has 1 aliphatic rings. The van der Waals surface area contributed by atoms with Gasteiger partial charge in [0.2, 0.25) is 0 Å². The van der Waals surface area contributed by atoms with Crippen molar-refractivity contribution in [3.05, 3.63) is 86.7 Å². The highest BCUT2D eigenvalue weighted by Crippen LogP contribution is 2.27. The summed E-state index contributed by atoms with van der Waals surface area (Å²) in [4.78, 5) is 29.2. The highest BCUT2D eigenvalue weighted by molar-refractivity contribution is 9.10. The van der Waals surface area contributed by atoms with Crippen LogP contribution in [0.15, 0.2) is 63.7 Å². The average molecular weight is 688 g/mol. The van der Waals surface area contributed by atoms with Gasteiger partial charge in [-0.25, -0.2) is 9.59 Å².